The van der Waals surface area contributed by atoms with E-state index < -0.39 is 28.3 Å². The van der Waals surface area contributed by atoms with Crippen LogP contribution in [-0.4, -0.2) is 39.5 Å². The minimum Gasteiger partial charge on any atom is -0.399 e. The molecule has 0 spiro atoms. The predicted octanol–water partition coefficient (Wildman–Crippen LogP) is 1.77. The number of para-hydroxylation sites is 1. The summed E-state index contributed by atoms with van der Waals surface area (Å²) in [6.07, 6.45) is 1.21. The van der Waals surface area contributed by atoms with E-state index in [1.165, 1.54) is 10.6 Å². The molecule has 1 aliphatic heterocycles. The quantitative estimate of drug-likeness (QED) is 0.792. The molecule has 1 aromatic carbocycles. The van der Waals surface area contributed by atoms with Crippen LogP contribution in [0.1, 0.15) is 34.6 Å². The first-order chi connectivity index (χ1) is 9.99. The molecule has 1 heterocycles. The minimum atomic E-state index is -3.36. The van der Waals surface area contributed by atoms with E-state index in [2.05, 4.69) is 0 Å². The summed E-state index contributed by atoms with van der Waals surface area (Å²) in [6, 6.07) is 7.31. The average molecular weight is 325 g/mol. The first kappa shape index (κ1) is 17.3. The Kier molecular flexibility index (Phi) is 4.36. The molecule has 22 heavy (non-hydrogen) atoms. The third kappa shape index (κ3) is 3.02. The van der Waals surface area contributed by atoms with Gasteiger partial charge in [-0.25, -0.2) is 8.42 Å². The predicted molar refractivity (Wildman–Crippen MR) is 90.0 cm³/mol. The summed E-state index contributed by atoms with van der Waals surface area (Å²) in [5.74, 6) is 0. The van der Waals surface area contributed by atoms with Gasteiger partial charge in [0.2, 0.25) is 10.0 Å². The Bertz CT molecular complexity index is 641. The van der Waals surface area contributed by atoms with E-state index >= 15 is 0 Å². The van der Waals surface area contributed by atoms with Gasteiger partial charge in [0.25, 0.3) is 0 Å². The normalized spacial score (nSPS) is 20.2. The zero-order valence-electron chi connectivity index (χ0n) is 14.1. The van der Waals surface area contributed by atoms with Crippen molar-refractivity contribution in [2.75, 3.05) is 17.1 Å². The van der Waals surface area contributed by atoms with Gasteiger partial charge in [0, 0.05) is 12.0 Å². The van der Waals surface area contributed by atoms with Crippen molar-refractivity contribution in [1.82, 2.24) is 0 Å². The molecule has 7 heteroatoms. The zero-order chi connectivity index (χ0) is 16.8. The number of hydrogen-bond acceptors (Lipinski definition) is 4. The van der Waals surface area contributed by atoms with Crippen molar-refractivity contribution in [2.24, 2.45) is 0 Å². The van der Waals surface area contributed by atoms with Gasteiger partial charge in [-0.15, -0.1) is 0 Å². The third-order valence-corrected chi connectivity index (χ3v) is 5.66. The number of hydrogen-bond donors (Lipinski definition) is 0. The van der Waals surface area contributed by atoms with Crippen molar-refractivity contribution < 1.29 is 17.7 Å². The topological polar surface area (TPSA) is 55.8 Å². The summed E-state index contributed by atoms with van der Waals surface area (Å²) in [6.45, 7) is 10.1. The Morgan fingerprint density at radius 2 is 1.59 bits per heavy atom. The number of anilines is 1. The molecule has 0 aromatic heterocycles. The van der Waals surface area contributed by atoms with E-state index in [1.807, 2.05) is 52.8 Å². The Morgan fingerprint density at radius 3 is 2.05 bits per heavy atom. The lowest BCUT2D eigenvalue weighted by molar-refractivity contribution is 0.00578. The smallest absolute Gasteiger partial charge is 0.399 e. The lowest BCUT2D eigenvalue weighted by atomic mass is 9.78. The fraction of sp³-hybridized carbons (Fsp3) is 0.600. The van der Waals surface area contributed by atoms with Gasteiger partial charge in [0.15, 0.2) is 0 Å². The summed E-state index contributed by atoms with van der Waals surface area (Å²) < 4.78 is 37.5. The maximum atomic E-state index is 12.0. The summed E-state index contributed by atoms with van der Waals surface area (Å²) in [4.78, 5) is 0. The van der Waals surface area contributed by atoms with Crippen molar-refractivity contribution in [3.63, 3.8) is 0 Å². The second-order valence-electron chi connectivity index (χ2n) is 6.57. The van der Waals surface area contributed by atoms with E-state index in [0.717, 1.165) is 5.46 Å². The van der Waals surface area contributed by atoms with Crippen LogP contribution < -0.4 is 9.77 Å². The Morgan fingerprint density at radius 1 is 1.09 bits per heavy atom. The highest BCUT2D eigenvalue weighted by atomic mass is 32.2. The summed E-state index contributed by atoms with van der Waals surface area (Å²) in [5, 5.41) is 0. The summed E-state index contributed by atoms with van der Waals surface area (Å²) >= 11 is 0. The van der Waals surface area contributed by atoms with E-state index in [0.29, 0.717) is 12.2 Å². The first-order valence-electron chi connectivity index (χ1n) is 7.42. The summed E-state index contributed by atoms with van der Waals surface area (Å²) in [7, 11) is -3.94. The van der Waals surface area contributed by atoms with Crippen LogP contribution in [0.15, 0.2) is 24.3 Å². The Hall–Kier alpha value is -1.05. The second-order valence-corrected chi connectivity index (χ2v) is 8.48. The molecule has 1 aromatic rings. The van der Waals surface area contributed by atoms with Crippen molar-refractivity contribution in [3.8, 4) is 0 Å². The summed E-state index contributed by atoms with van der Waals surface area (Å²) in [5.41, 5.74) is 0.402. The number of rotatable bonds is 4. The van der Waals surface area contributed by atoms with Crippen LogP contribution in [0.25, 0.3) is 0 Å². The Balaban J connectivity index is 2.47. The molecule has 1 saturated heterocycles. The van der Waals surface area contributed by atoms with Gasteiger partial charge in [-0.1, -0.05) is 18.2 Å². The van der Waals surface area contributed by atoms with Gasteiger partial charge < -0.3 is 9.31 Å². The molecule has 0 aliphatic carbocycles. The zero-order valence-corrected chi connectivity index (χ0v) is 14.9. The van der Waals surface area contributed by atoms with Crippen LogP contribution in [0.5, 0.6) is 0 Å². The first-order valence-corrected chi connectivity index (χ1v) is 9.27. The van der Waals surface area contributed by atoms with Gasteiger partial charge in [0.05, 0.1) is 23.1 Å². The maximum Gasteiger partial charge on any atom is 0.497 e. The van der Waals surface area contributed by atoms with Gasteiger partial charge in [-0.2, -0.15) is 0 Å². The van der Waals surface area contributed by atoms with Crippen molar-refractivity contribution in [3.05, 3.63) is 24.3 Å². The highest BCUT2D eigenvalue weighted by molar-refractivity contribution is 7.92. The molecule has 0 N–H and O–H groups in total. The molecule has 5 nitrogen and oxygen atoms in total. The SMILES string of the molecule is CCN(c1ccccc1B1OC(C)(C)C(C)(C)O1)S(C)(=O)=O. The molecule has 2 rings (SSSR count). The van der Waals surface area contributed by atoms with Crippen LogP contribution >= 0.6 is 0 Å². The van der Waals surface area contributed by atoms with Crippen LogP contribution in [0.3, 0.4) is 0 Å². The van der Waals surface area contributed by atoms with Crippen LogP contribution in [0, 0.1) is 0 Å². The van der Waals surface area contributed by atoms with E-state index in [4.69, 9.17) is 9.31 Å². The molecule has 0 amide bonds. The van der Waals surface area contributed by atoms with Crippen molar-refractivity contribution in [2.45, 2.75) is 45.8 Å². The van der Waals surface area contributed by atoms with Gasteiger partial charge in [-0.05, 0) is 40.7 Å². The molecule has 1 fully saturated rings. The van der Waals surface area contributed by atoms with E-state index in [-0.39, 0.29) is 0 Å². The van der Waals surface area contributed by atoms with Crippen molar-refractivity contribution in [1.29, 1.82) is 0 Å². The van der Waals surface area contributed by atoms with Crippen LogP contribution in [-0.2, 0) is 19.3 Å². The fourth-order valence-corrected chi connectivity index (χ4v) is 3.46. The number of nitrogens with zero attached hydrogens (tertiary/aromatic N) is 1. The number of sulfonamides is 1. The monoisotopic (exact) mass is 325 g/mol. The molecule has 0 atom stereocenters. The van der Waals surface area contributed by atoms with Gasteiger partial charge in [-0.3, -0.25) is 4.31 Å². The minimum absolute atomic E-state index is 0.357. The maximum absolute atomic E-state index is 12.0. The van der Waals surface area contributed by atoms with E-state index in [9.17, 15) is 8.42 Å². The molecule has 0 radical (unpaired) electrons. The van der Waals surface area contributed by atoms with Crippen molar-refractivity contribution >= 4 is 28.3 Å². The highest BCUT2D eigenvalue weighted by Crippen LogP contribution is 2.37. The fourth-order valence-electron chi connectivity index (χ4n) is 2.47. The van der Waals surface area contributed by atoms with E-state index in [1.54, 1.807) is 6.07 Å². The molecular formula is C15H24BNO4S. The second kappa shape index (κ2) is 5.55. The molecule has 0 saturated carbocycles. The molecule has 1 aliphatic rings. The molecule has 0 bridgehead atoms. The van der Waals surface area contributed by atoms with Gasteiger partial charge >= 0.3 is 7.12 Å². The van der Waals surface area contributed by atoms with Gasteiger partial charge in [0.1, 0.15) is 0 Å². The third-order valence-electron chi connectivity index (χ3n) is 4.40. The van der Waals surface area contributed by atoms with Crippen LogP contribution in [0.2, 0.25) is 0 Å². The molecular weight excluding hydrogens is 301 g/mol. The lowest BCUT2D eigenvalue weighted by Gasteiger charge is -2.32. The number of benzene rings is 1. The molecule has 122 valence electrons. The Labute approximate surface area is 133 Å². The average Bonchev–Trinajstić information content (AvgIpc) is 2.58. The standard InChI is InChI=1S/C15H24BNO4S/c1-7-17(22(6,18)19)13-11-9-8-10-12(13)16-20-14(2,3)15(4,5)21-16/h8-11H,7H2,1-6H3. The molecule has 0 unspecified atom stereocenters. The van der Waals surface area contributed by atoms with Crippen LogP contribution in [0.4, 0.5) is 5.69 Å². The lowest BCUT2D eigenvalue weighted by Crippen LogP contribution is -2.41. The largest absolute Gasteiger partial charge is 0.497 e. The highest BCUT2D eigenvalue weighted by Gasteiger charge is 2.52.